The van der Waals surface area contributed by atoms with E-state index in [2.05, 4.69) is 24.3 Å². The fourth-order valence-electron chi connectivity index (χ4n) is 4.38. The molecule has 34 heavy (non-hydrogen) atoms. The van der Waals surface area contributed by atoms with E-state index in [9.17, 15) is 9.59 Å². The molecular formula is C28H21ClN2O3. The maximum absolute atomic E-state index is 13.3. The van der Waals surface area contributed by atoms with Gasteiger partial charge >= 0.3 is 0 Å². The lowest BCUT2D eigenvalue weighted by Gasteiger charge is -2.13. The number of carbonyl (C=O) groups excluding carboxylic acids is 2. The molecule has 0 aromatic heterocycles. The lowest BCUT2D eigenvalue weighted by Crippen LogP contribution is -2.23. The van der Waals surface area contributed by atoms with E-state index in [-0.39, 0.29) is 17.8 Å². The monoisotopic (exact) mass is 468 g/mol. The van der Waals surface area contributed by atoms with Crippen molar-refractivity contribution in [3.63, 3.8) is 0 Å². The molecule has 1 aliphatic rings. The summed E-state index contributed by atoms with van der Waals surface area (Å²) in [5, 5.41) is 11.8. The number of nitrogens with one attached hydrogen (secondary N) is 1. The molecule has 0 bridgehead atoms. The maximum atomic E-state index is 13.3. The van der Waals surface area contributed by atoms with Crippen molar-refractivity contribution in [1.29, 1.82) is 0 Å². The molecule has 4 aromatic carbocycles. The van der Waals surface area contributed by atoms with Crippen LogP contribution in [0.2, 0.25) is 5.02 Å². The first-order valence-electron chi connectivity index (χ1n) is 10.9. The Balaban J connectivity index is 1.61. The number of benzene rings is 4. The molecule has 0 saturated carbocycles. The van der Waals surface area contributed by atoms with Crippen LogP contribution in [-0.4, -0.2) is 28.7 Å². The molecule has 1 atom stereocenters. The lowest BCUT2D eigenvalue weighted by atomic mass is 9.94. The lowest BCUT2D eigenvalue weighted by molar-refractivity contribution is -0.119. The average Bonchev–Trinajstić information content (AvgIpc) is 2.99. The fourth-order valence-corrected chi connectivity index (χ4v) is 4.55. The van der Waals surface area contributed by atoms with Crippen LogP contribution in [-0.2, 0) is 17.6 Å². The van der Waals surface area contributed by atoms with Gasteiger partial charge in [0.2, 0.25) is 0 Å². The predicted molar refractivity (Wildman–Crippen MR) is 133 cm³/mol. The summed E-state index contributed by atoms with van der Waals surface area (Å²) in [7, 11) is 0. The quantitative estimate of drug-likeness (QED) is 0.319. The van der Waals surface area contributed by atoms with Gasteiger partial charge in [0, 0.05) is 34.6 Å². The molecular weight excluding hydrogens is 448 g/mol. The summed E-state index contributed by atoms with van der Waals surface area (Å²) in [6, 6.07) is 25.9. The zero-order valence-corrected chi connectivity index (χ0v) is 18.9. The van der Waals surface area contributed by atoms with Gasteiger partial charge in [-0.15, -0.1) is 0 Å². The third-order valence-electron chi connectivity index (χ3n) is 6.09. The van der Waals surface area contributed by atoms with Gasteiger partial charge in [0.25, 0.3) is 5.91 Å². The van der Waals surface area contributed by atoms with Crippen molar-refractivity contribution in [2.45, 2.75) is 18.9 Å². The smallest absolute Gasteiger partial charge is 0.274 e. The van der Waals surface area contributed by atoms with Crippen molar-refractivity contribution in [1.82, 2.24) is 5.48 Å². The Bertz CT molecular complexity index is 1460. The van der Waals surface area contributed by atoms with Crippen molar-refractivity contribution in [3.8, 4) is 0 Å². The number of hydrogen-bond acceptors (Lipinski definition) is 4. The van der Waals surface area contributed by atoms with Gasteiger partial charge < -0.3 is 0 Å². The van der Waals surface area contributed by atoms with Crippen molar-refractivity contribution < 1.29 is 14.8 Å². The first-order chi connectivity index (χ1) is 16.5. The topological polar surface area (TPSA) is 78.8 Å². The summed E-state index contributed by atoms with van der Waals surface area (Å²) in [4.78, 5) is 30.2. The van der Waals surface area contributed by atoms with Crippen molar-refractivity contribution >= 4 is 39.8 Å². The number of rotatable bonds is 4. The Kier molecular flexibility index (Phi) is 5.97. The van der Waals surface area contributed by atoms with Gasteiger partial charge in [-0.25, -0.2) is 5.48 Å². The number of nitrogens with zero attached hydrogens (tertiary/aromatic N) is 1. The molecule has 2 N–H and O–H groups in total. The number of aliphatic imine (C=N–C) groups is 1. The Morgan fingerprint density at radius 3 is 2.62 bits per heavy atom. The minimum atomic E-state index is -0.619. The standard InChI is InChI=1S/C28H21ClN2O3/c29-23-11-10-20-15-26(32)25(13-17-8-9-18-4-1-2-5-19(18)12-17)30-27(24(20)16-23)21-6-3-7-22(14-21)28(33)31-34/h1-12,14,16,25,34H,13,15H2,(H,31,33). The molecule has 5 nitrogen and oxygen atoms in total. The molecule has 1 aliphatic heterocycles. The van der Waals surface area contributed by atoms with Crippen LogP contribution in [0.3, 0.4) is 0 Å². The summed E-state index contributed by atoms with van der Waals surface area (Å²) in [5.74, 6) is -0.595. The van der Waals surface area contributed by atoms with Crippen LogP contribution in [0, 0.1) is 0 Å². The minimum Gasteiger partial charge on any atom is -0.297 e. The summed E-state index contributed by atoms with van der Waals surface area (Å²) in [5.41, 5.74) is 5.85. The van der Waals surface area contributed by atoms with Gasteiger partial charge in [-0.1, -0.05) is 72.3 Å². The van der Waals surface area contributed by atoms with Gasteiger partial charge in [-0.05, 0) is 46.2 Å². The normalized spacial score (nSPS) is 15.4. The van der Waals surface area contributed by atoms with E-state index in [4.69, 9.17) is 21.8 Å². The van der Waals surface area contributed by atoms with Gasteiger partial charge in [-0.3, -0.25) is 19.8 Å². The van der Waals surface area contributed by atoms with Crippen molar-refractivity contribution in [2.24, 2.45) is 4.99 Å². The van der Waals surface area contributed by atoms with E-state index in [0.717, 1.165) is 27.5 Å². The second-order valence-electron chi connectivity index (χ2n) is 8.35. The van der Waals surface area contributed by atoms with Crippen molar-refractivity contribution in [3.05, 3.63) is 118 Å². The number of ketones is 1. The molecule has 6 heteroatoms. The highest BCUT2D eigenvalue weighted by atomic mass is 35.5. The van der Waals surface area contributed by atoms with E-state index < -0.39 is 11.9 Å². The second-order valence-corrected chi connectivity index (χ2v) is 8.78. The van der Waals surface area contributed by atoms with Crippen LogP contribution in [0.15, 0.2) is 89.9 Å². The van der Waals surface area contributed by atoms with Crippen molar-refractivity contribution in [2.75, 3.05) is 0 Å². The number of carbonyl (C=O) groups is 2. The van der Waals surface area contributed by atoms with Crippen LogP contribution >= 0.6 is 11.6 Å². The van der Waals surface area contributed by atoms with E-state index in [1.807, 2.05) is 30.3 Å². The molecule has 168 valence electrons. The minimum absolute atomic E-state index is 0.0241. The molecule has 4 aromatic rings. The summed E-state index contributed by atoms with van der Waals surface area (Å²) in [6.07, 6.45) is 0.709. The van der Waals surface area contributed by atoms with Crippen LogP contribution < -0.4 is 5.48 Å². The summed E-state index contributed by atoms with van der Waals surface area (Å²) >= 11 is 6.31. The average molecular weight is 469 g/mol. The van der Waals surface area contributed by atoms with Crippen LogP contribution in [0.5, 0.6) is 0 Å². The largest absolute Gasteiger partial charge is 0.297 e. The SMILES string of the molecule is O=C(NO)c1cccc(C2=NC(Cc3ccc4ccccc4c3)C(=O)Cc3ccc(Cl)cc32)c1. The fraction of sp³-hybridized carbons (Fsp3) is 0.107. The molecule has 0 aliphatic carbocycles. The second kappa shape index (κ2) is 9.21. The highest BCUT2D eigenvalue weighted by Crippen LogP contribution is 2.27. The molecule has 0 radical (unpaired) electrons. The molecule has 1 heterocycles. The van der Waals surface area contributed by atoms with Crippen LogP contribution in [0.1, 0.15) is 32.6 Å². The number of Topliss-reactive ketones (excluding diaryl/α,β-unsaturated/α-hetero) is 1. The molecule has 0 saturated heterocycles. The molecule has 0 fully saturated rings. The highest BCUT2D eigenvalue weighted by Gasteiger charge is 2.27. The third-order valence-corrected chi connectivity index (χ3v) is 6.33. The maximum Gasteiger partial charge on any atom is 0.274 e. The van der Waals surface area contributed by atoms with Crippen LogP contribution in [0.4, 0.5) is 0 Å². The van der Waals surface area contributed by atoms with E-state index in [1.54, 1.807) is 35.8 Å². The van der Waals surface area contributed by atoms with E-state index >= 15 is 0 Å². The Labute approximate surface area is 201 Å². The summed E-state index contributed by atoms with van der Waals surface area (Å²) < 4.78 is 0. The number of halogens is 1. The number of fused-ring (bicyclic) bond motifs is 2. The van der Waals surface area contributed by atoms with Gasteiger partial charge in [-0.2, -0.15) is 0 Å². The van der Waals surface area contributed by atoms with E-state index in [1.165, 1.54) is 0 Å². The Morgan fingerprint density at radius 1 is 0.971 bits per heavy atom. The third kappa shape index (κ3) is 4.36. The highest BCUT2D eigenvalue weighted by molar-refractivity contribution is 6.31. The van der Waals surface area contributed by atoms with Gasteiger partial charge in [0.15, 0.2) is 5.78 Å². The summed E-state index contributed by atoms with van der Waals surface area (Å²) in [6.45, 7) is 0. The van der Waals surface area contributed by atoms with Crippen LogP contribution in [0.25, 0.3) is 10.8 Å². The number of hydroxylamine groups is 1. The first kappa shape index (κ1) is 22.0. The Hall–Kier alpha value is -3.80. The zero-order valence-electron chi connectivity index (χ0n) is 18.2. The molecule has 0 spiro atoms. The first-order valence-corrected chi connectivity index (χ1v) is 11.3. The Morgan fingerprint density at radius 2 is 1.79 bits per heavy atom. The zero-order chi connectivity index (χ0) is 23.7. The molecule has 5 rings (SSSR count). The number of amides is 1. The van der Waals surface area contributed by atoms with Gasteiger partial charge in [0.05, 0.1) is 5.71 Å². The molecule has 1 amide bonds. The van der Waals surface area contributed by atoms with E-state index in [0.29, 0.717) is 22.7 Å². The number of hydrogen-bond donors (Lipinski definition) is 2. The predicted octanol–water partition coefficient (Wildman–Crippen LogP) is 5.19. The van der Waals surface area contributed by atoms with Gasteiger partial charge in [0.1, 0.15) is 6.04 Å². The molecule has 1 unspecified atom stereocenters.